The van der Waals surface area contributed by atoms with Gasteiger partial charge < -0.3 is 15.0 Å². The molecule has 0 aliphatic carbocycles. The van der Waals surface area contributed by atoms with Crippen molar-refractivity contribution in [1.82, 2.24) is 20.4 Å². The Kier molecular flexibility index (Phi) is 5.63. The molecule has 2 amide bonds. The summed E-state index contributed by atoms with van der Waals surface area (Å²) in [5.74, 6) is 0.374. The molecular formula is C16H26N4O3. The molecule has 0 radical (unpaired) electrons. The Morgan fingerprint density at radius 2 is 2.26 bits per heavy atom. The van der Waals surface area contributed by atoms with Crippen molar-refractivity contribution >= 4 is 12.0 Å². The number of alkyl carbamates (subject to hydrolysis) is 1. The van der Waals surface area contributed by atoms with E-state index >= 15 is 0 Å². The zero-order chi connectivity index (χ0) is 16.9. The van der Waals surface area contributed by atoms with Gasteiger partial charge in [0.1, 0.15) is 5.60 Å². The van der Waals surface area contributed by atoms with E-state index in [1.54, 1.807) is 27.0 Å². The van der Waals surface area contributed by atoms with Gasteiger partial charge in [-0.25, -0.2) is 4.79 Å². The molecule has 0 aromatic carbocycles. The lowest BCUT2D eigenvalue weighted by atomic mass is 9.95. The Hall–Kier alpha value is -2.05. The van der Waals surface area contributed by atoms with Gasteiger partial charge in [0.15, 0.2) is 0 Å². The Labute approximate surface area is 136 Å². The highest BCUT2D eigenvalue weighted by molar-refractivity contribution is 5.77. The van der Waals surface area contributed by atoms with Crippen LogP contribution >= 0.6 is 0 Å². The maximum Gasteiger partial charge on any atom is 0.407 e. The van der Waals surface area contributed by atoms with Crippen molar-refractivity contribution in [2.24, 2.45) is 0 Å². The molecule has 2 N–H and O–H groups in total. The fourth-order valence-electron chi connectivity index (χ4n) is 2.70. The van der Waals surface area contributed by atoms with E-state index in [0.29, 0.717) is 19.0 Å². The third-order valence-electron chi connectivity index (χ3n) is 3.74. The fraction of sp³-hybridized carbons (Fsp3) is 0.688. The number of nitrogens with one attached hydrogen (secondary N) is 2. The van der Waals surface area contributed by atoms with Crippen LogP contribution in [-0.4, -0.2) is 52.3 Å². The number of ether oxygens (including phenoxy) is 1. The van der Waals surface area contributed by atoms with Crippen LogP contribution in [0.2, 0.25) is 0 Å². The first-order valence-corrected chi connectivity index (χ1v) is 8.09. The van der Waals surface area contributed by atoms with Gasteiger partial charge in [0.25, 0.3) is 0 Å². The van der Waals surface area contributed by atoms with Gasteiger partial charge in [0.2, 0.25) is 5.91 Å². The number of rotatable bonds is 4. The first-order valence-electron chi connectivity index (χ1n) is 8.09. The number of aromatic nitrogens is 2. The van der Waals surface area contributed by atoms with E-state index in [1.807, 2.05) is 11.0 Å². The standard InChI is InChI=1S/C16H26N4O3/c1-16(2,3)23-15(22)17-8-7-14(21)20-10-4-5-12(11-20)13-6-9-18-19-13/h6,9,12H,4-5,7-8,10-11H2,1-3H3,(H,17,22)(H,18,19)/t12-/m1/s1. The van der Waals surface area contributed by atoms with Crippen LogP contribution < -0.4 is 5.32 Å². The van der Waals surface area contributed by atoms with Crippen LogP contribution in [0.15, 0.2) is 12.3 Å². The number of H-pyrrole nitrogens is 1. The van der Waals surface area contributed by atoms with E-state index in [-0.39, 0.29) is 12.3 Å². The molecule has 0 saturated carbocycles. The first-order chi connectivity index (χ1) is 10.8. The summed E-state index contributed by atoms with van der Waals surface area (Å²) in [6.07, 6.45) is 3.58. The van der Waals surface area contributed by atoms with Crippen LogP contribution in [0, 0.1) is 0 Å². The zero-order valence-electron chi connectivity index (χ0n) is 14.1. The van der Waals surface area contributed by atoms with Gasteiger partial charge in [-0.05, 0) is 39.7 Å². The lowest BCUT2D eigenvalue weighted by Crippen LogP contribution is -2.41. The lowest BCUT2D eigenvalue weighted by molar-refractivity contribution is -0.132. The SMILES string of the molecule is CC(C)(C)OC(=O)NCCC(=O)N1CCC[C@@H](c2ccn[nH]2)C1. The second kappa shape index (κ2) is 7.48. The van der Waals surface area contributed by atoms with Crippen LogP contribution in [-0.2, 0) is 9.53 Å². The topological polar surface area (TPSA) is 87.3 Å². The highest BCUT2D eigenvalue weighted by Gasteiger charge is 2.25. The molecule has 0 bridgehead atoms. The summed E-state index contributed by atoms with van der Waals surface area (Å²) in [7, 11) is 0. The number of carbonyl (C=O) groups is 2. The number of amides is 2. The molecule has 1 aliphatic rings. The van der Waals surface area contributed by atoms with E-state index in [1.165, 1.54) is 0 Å². The molecule has 0 unspecified atom stereocenters. The Balaban J connectivity index is 1.74. The van der Waals surface area contributed by atoms with E-state index in [4.69, 9.17) is 4.74 Å². The number of nitrogens with zero attached hydrogens (tertiary/aromatic N) is 2. The van der Waals surface area contributed by atoms with Crippen LogP contribution in [0.25, 0.3) is 0 Å². The van der Waals surface area contributed by atoms with Crippen molar-refractivity contribution in [3.05, 3.63) is 18.0 Å². The number of piperidine rings is 1. The molecule has 1 aromatic heterocycles. The van der Waals surface area contributed by atoms with Gasteiger partial charge in [-0.2, -0.15) is 5.10 Å². The van der Waals surface area contributed by atoms with E-state index < -0.39 is 11.7 Å². The summed E-state index contributed by atoms with van der Waals surface area (Å²) in [5, 5.41) is 9.58. The Morgan fingerprint density at radius 3 is 2.91 bits per heavy atom. The number of hydrogen-bond donors (Lipinski definition) is 2. The molecular weight excluding hydrogens is 296 g/mol. The number of carbonyl (C=O) groups excluding carboxylic acids is 2. The average molecular weight is 322 g/mol. The van der Waals surface area contributed by atoms with Gasteiger partial charge in [-0.15, -0.1) is 0 Å². The molecule has 1 atom stereocenters. The van der Waals surface area contributed by atoms with Crippen molar-refractivity contribution in [3.63, 3.8) is 0 Å². The highest BCUT2D eigenvalue weighted by Crippen LogP contribution is 2.25. The van der Waals surface area contributed by atoms with Gasteiger partial charge in [0.05, 0.1) is 0 Å². The zero-order valence-corrected chi connectivity index (χ0v) is 14.1. The Morgan fingerprint density at radius 1 is 1.48 bits per heavy atom. The van der Waals surface area contributed by atoms with Crippen LogP contribution in [0.5, 0.6) is 0 Å². The molecule has 1 saturated heterocycles. The lowest BCUT2D eigenvalue weighted by Gasteiger charge is -2.32. The molecule has 1 aliphatic heterocycles. The molecule has 2 heterocycles. The van der Waals surface area contributed by atoms with Crippen molar-refractivity contribution in [2.45, 2.75) is 51.6 Å². The summed E-state index contributed by atoms with van der Waals surface area (Å²) < 4.78 is 5.14. The summed E-state index contributed by atoms with van der Waals surface area (Å²) in [4.78, 5) is 25.7. The third-order valence-corrected chi connectivity index (χ3v) is 3.74. The minimum atomic E-state index is -0.530. The van der Waals surface area contributed by atoms with E-state index in [9.17, 15) is 9.59 Å². The summed E-state index contributed by atoms with van der Waals surface area (Å²) in [6, 6.07) is 1.96. The summed E-state index contributed by atoms with van der Waals surface area (Å²) in [5.41, 5.74) is 0.549. The van der Waals surface area contributed by atoms with Crippen molar-refractivity contribution in [2.75, 3.05) is 19.6 Å². The molecule has 23 heavy (non-hydrogen) atoms. The molecule has 128 valence electrons. The largest absolute Gasteiger partial charge is 0.444 e. The minimum Gasteiger partial charge on any atom is -0.444 e. The third kappa shape index (κ3) is 5.58. The van der Waals surface area contributed by atoms with Crippen LogP contribution in [0.3, 0.4) is 0 Å². The molecule has 7 nitrogen and oxygen atoms in total. The van der Waals surface area contributed by atoms with E-state index in [0.717, 1.165) is 25.1 Å². The van der Waals surface area contributed by atoms with E-state index in [2.05, 4.69) is 15.5 Å². The van der Waals surface area contributed by atoms with Gasteiger partial charge >= 0.3 is 6.09 Å². The maximum absolute atomic E-state index is 12.3. The highest BCUT2D eigenvalue weighted by atomic mass is 16.6. The average Bonchev–Trinajstić information content (AvgIpc) is 2.99. The second-order valence-electron chi connectivity index (χ2n) is 6.87. The predicted molar refractivity (Wildman–Crippen MR) is 86.0 cm³/mol. The molecule has 0 spiro atoms. The maximum atomic E-state index is 12.3. The predicted octanol–water partition coefficient (Wildman–Crippen LogP) is 2.03. The number of aromatic amines is 1. The van der Waals surface area contributed by atoms with Gasteiger partial charge in [-0.1, -0.05) is 0 Å². The van der Waals surface area contributed by atoms with Crippen molar-refractivity contribution in [1.29, 1.82) is 0 Å². The minimum absolute atomic E-state index is 0.0604. The van der Waals surface area contributed by atoms with Crippen molar-refractivity contribution < 1.29 is 14.3 Å². The molecule has 2 rings (SSSR count). The molecule has 7 heteroatoms. The van der Waals surface area contributed by atoms with Gasteiger partial charge in [0, 0.05) is 43.9 Å². The molecule has 1 aromatic rings. The number of likely N-dealkylation sites (tertiary alicyclic amines) is 1. The smallest absolute Gasteiger partial charge is 0.407 e. The summed E-state index contributed by atoms with van der Waals surface area (Å²) in [6.45, 7) is 7.19. The fourth-order valence-corrected chi connectivity index (χ4v) is 2.70. The normalized spacial score (nSPS) is 18.6. The second-order valence-corrected chi connectivity index (χ2v) is 6.87. The molecule has 1 fully saturated rings. The van der Waals surface area contributed by atoms with Crippen molar-refractivity contribution in [3.8, 4) is 0 Å². The van der Waals surface area contributed by atoms with Gasteiger partial charge in [-0.3, -0.25) is 9.89 Å². The van der Waals surface area contributed by atoms with Crippen LogP contribution in [0.4, 0.5) is 4.79 Å². The summed E-state index contributed by atoms with van der Waals surface area (Å²) >= 11 is 0. The quantitative estimate of drug-likeness (QED) is 0.888. The Bertz CT molecular complexity index is 522. The van der Waals surface area contributed by atoms with Crippen LogP contribution in [0.1, 0.15) is 51.6 Å². The monoisotopic (exact) mass is 322 g/mol. The number of hydrogen-bond acceptors (Lipinski definition) is 4. The first kappa shape index (κ1) is 17.3.